The van der Waals surface area contributed by atoms with Gasteiger partial charge in [0, 0.05) is 0 Å². The molecule has 0 fully saturated rings. The zero-order valence-electron chi connectivity index (χ0n) is 7.77. The molecule has 0 radical (unpaired) electrons. The Labute approximate surface area is 81.4 Å². The van der Waals surface area contributed by atoms with Gasteiger partial charge in [-0.15, -0.1) is 0 Å². The van der Waals surface area contributed by atoms with Gasteiger partial charge in [-0.05, 0) is 30.2 Å². The molecule has 1 rings (SSSR count). The van der Waals surface area contributed by atoms with Crippen LogP contribution in [0.25, 0.3) is 0 Å². The summed E-state index contributed by atoms with van der Waals surface area (Å²) in [6.45, 7) is 1.34. The number of aliphatic hydroxyl groups excluding tert-OH is 2. The SMILES string of the molecule is Cc1ccc(C(=O)O)cc1C(O)CO. The first-order chi connectivity index (χ1) is 6.56. The highest BCUT2D eigenvalue weighted by Crippen LogP contribution is 2.18. The van der Waals surface area contributed by atoms with Crippen molar-refractivity contribution in [1.29, 1.82) is 0 Å². The van der Waals surface area contributed by atoms with Crippen molar-refractivity contribution in [1.82, 2.24) is 0 Å². The van der Waals surface area contributed by atoms with Crippen molar-refractivity contribution in [3.8, 4) is 0 Å². The van der Waals surface area contributed by atoms with Crippen LogP contribution in [0.3, 0.4) is 0 Å². The van der Waals surface area contributed by atoms with Crippen LogP contribution in [-0.2, 0) is 0 Å². The van der Waals surface area contributed by atoms with Gasteiger partial charge in [0.05, 0.1) is 12.2 Å². The highest BCUT2D eigenvalue weighted by Gasteiger charge is 2.12. The number of hydrogen-bond acceptors (Lipinski definition) is 3. The molecule has 0 aliphatic carbocycles. The van der Waals surface area contributed by atoms with Crippen LogP contribution in [0, 0.1) is 6.92 Å². The van der Waals surface area contributed by atoms with Crippen LogP contribution < -0.4 is 0 Å². The van der Waals surface area contributed by atoms with Gasteiger partial charge in [-0.25, -0.2) is 4.79 Å². The van der Waals surface area contributed by atoms with Gasteiger partial charge in [0.25, 0.3) is 0 Å². The second-order valence-electron chi connectivity index (χ2n) is 3.07. The van der Waals surface area contributed by atoms with Crippen LogP contribution in [0.1, 0.15) is 27.6 Å². The molecule has 1 atom stereocenters. The molecule has 0 bridgehead atoms. The van der Waals surface area contributed by atoms with Crippen molar-refractivity contribution in [3.05, 3.63) is 34.9 Å². The topological polar surface area (TPSA) is 77.8 Å². The summed E-state index contributed by atoms with van der Waals surface area (Å²) in [5.41, 5.74) is 1.32. The van der Waals surface area contributed by atoms with E-state index in [0.717, 1.165) is 5.56 Å². The first-order valence-corrected chi connectivity index (χ1v) is 4.19. The summed E-state index contributed by atoms with van der Waals surface area (Å²) in [7, 11) is 0. The molecule has 76 valence electrons. The minimum atomic E-state index is -1.05. The lowest BCUT2D eigenvalue weighted by atomic mass is 10.0. The smallest absolute Gasteiger partial charge is 0.335 e. The highest BCUT2D eigenvalue weighted by molar-refractivity contribution is 5.87. The molecule has 0 heterocycles. The second-order valence-corrected chi connectivity index (χ2v) is 3.07. The molecule has 14 heavy (non-hydrogen) atoms. The number of carboxylic acids is 1. The molecule has 1 unspecified atom stereocenters. The summed E-state index contributed by atoms with van der Waals surface area (Å²) in [6.07, 6.45) is -1.02. The lowest BCUT2D eigenvalue weighted by Crippen LogP contribution is -2.07. The molecule has 0 aromatic heterocycles. The maximum Gasteiger partial charge on any atom is 0.335 e. The first-order valence-electron chi connectivity index (χ1n) is 4.19. The molecular formula is C10H12O4. The second kappa shape index (κ2) is 4.21. The average molecular weight is 196 g/mol. The van der Waals surface area contributed by atoms with Crippen LogP contribution >= 0.6 is 0 Å². The Kier molecular flexibility index (Phi) is 3.22. The normalized spacial score (nSPS) is 12.5. The van der Waals surface area contributed by atoms with E-state index in [1.54, 1.807) is 13.0 Å². The van der Waals surface area contributed by atoms with E-state index >= 15 is 0 Å². The average Bonchev–Trinajstić information content (AvgIpc) is 2.17. The molecule has 3 N–H and O–H groups in total. The third-order valence-electron chi connectivity index (χ3n) is 2.06. The molecule has 1 aromatic rings. The quantitative estimate of drug-likeness (QED) is 0.665. The van der Waals surface area contributed by atoms with Gasteiger partial charge < -0.3 is 15.3 Å². The van der Waals surface area contributed by atoms with E-state index in [-0.39, 0.29) is 5.56 Å². The van der Waals surface area contributed by atoms with E-state index in [2.05, 4.69) is 0 Å². The van der Waals surface area contributed by atoms with Crippen LogP contribution in [0.15, 0.2) is 18.2 Å². The summed E-state index contributed by atoms with van der Waals surface area (Å²) in [4.78, 5) is 10.6. The number of aryl methyl sites for hydroxylation is 1. The molecule has 0 aliphatic heterocycles. The Morgan fingerprint density at radius 3 is 2.64 bits per heavy atom. The molecule has 1 aromatic carbocycles. The summed E-state index contributed by atoms with van der Waals surface area (Å²) in [5.74, 6) is -1.05. The van der Waals surface area contributed by atoms with Crippen molar-refractivity contribution in [2.45, 2.75) is 13.0 Å². The van der Waals surface area contributed by atoms with Crippen molar-refractivity contribution >= 4 is 5.97 Å². The summed E-state index contributed by atoms with van der Waals surface area (Å²) >= 11 is 0. The fourth-order valence-corrected chi connectivity index (χ4v) is 1.23. The van der Waals surface area contributed by atoms with E-state index in [1.165, 1.54) is 12.1 Å². The number of carbonyl (C=O) groups is 1. The van der Waals surface area contributed by atoms with Gasteiger partial charge >= 0.3 is 5.97 Å². The van der Waals surface area contributed by atoms with Gasteiger partial charge in [0.15, 0.2) is 0 Å². The van der Waals surface area contributed by atoms with Crippen LogP contribution in [0.5, 0.6) is 0 Å². The Balaban J connectivity index is 3.14. The van der Waals surface area contributed by atoms with E-state index < -0.39 is 18.7 Å². The molecule has 0 amide bonds. The molecule has 4 nitrogen and oxygen atoms in total. The van der Waals surface area contributed by atoms with Gasteiger partial charge in [-0.3, -0.25) is 0 Å². The van der Waals surface area contributed by atoms with E-state index in [9.17, 15) is 9.90 Å². The minimum absolute atomic E-state index is 0.109. The number of carboxylic acid groups (broad SMARTS) is 1. The number of hydrogen-bond donors (Lipinski definition) is 3. The molecular weight excluding hydrogens is 184 g/mol. The molecule has 0 saturated heterocycles. The fourth-order valence-electron chi connectivity index (χ4n) is 1.23. The van der Waals surface area contributed by atoms with E-state index in [4.69, 9.17) is 10.2 Å². The predicted octanol–water partition coefficient (Wildman–Crippen LogP) is 0.719. The fraction of sp³-hybridized carbons (Fsp3) is 0.300. The largest absolute Gasteiger partial charge is 0.478 e. The van der Waals surface area contributed by atoms with Crippen molar-refractivity contribution in [3.63, 3.8) is 0 Å². The number of aromatic carboxylic acids is 1. The summed E-state index contributed by atoms with van der Waals surface area (Å²) in [5, 5.41) is 26.8. The Morgan fingerprint density at radius 2 is 2.14 bits per heavy atom. The molecule has 0 aliphatic rings. The van der Waals surface area contributed by atoms with Gasteiger partial charge in [0.1, 0.15) is 6.10 Å². The summed E-state index contributed by atoms with van der Waals surface area (Å²) in [6, 6.07) is 4.45. The zero-order valence-corrected chi connectivity index (χ0v) is 7.77. The third-order valence-corrected chi connectivity index (χ3v) is 2.06. The summed E-state index contributed by atoms with van der Waals surface area (Å²) < 4.78 is 0. The van der Waals surface area contributed by atoms with E-state index in [1.807, 2.05) is 0 Å². The molecule has 0 saturated carbocycles. The van der Waals surface area contributed by atoms with Gasteiger partial charge in [-0.1, -0.05) is 6.07 Å². The third kappa shape index (κ3) is 2.10. The Bertz CT molecular complexity index is 346. The van der Waals surface area contributed by atoms with Crippen LogP contribution in [0.2, 0.25) is 0 Å². The number of aliphatic hydroxyl groups is 2. The lowest BCUT2D eigenvalue weighted by Gasteiger charge is -2.11. The predicted molar refractivity (Wildman–Crippen MR) is 50.2 cm³/mol. The van der Waals surface area contributed by atoms with Gasteiger partial charge in [-0.2, -0.15) is 0 Å². The molecule has 0 spiro atoms. The van der Waals surface area contributed by atoms with Crippen LogP contribution in [0.4, 0.5) is 0 Å². The monoisotopic (exact) mass is 196 g/mol. The maximum absolute atomic E-state index is 10.6. The number of rotatable bonds is 3. The molecule has 4 heteroatoms. The number of benzene rings is 1. The lowest BCUT2D eigenvalue weighted by molar-refractivity contribution is 0.0695. The first kappa shape index (κ1) is 10.7. The van der Waals surface area contributed by atoms with Crippen molar-refractivity contribution in [2.24, 2.45) is 0 Å². The van der Waals surface area contributed by atoms with Gasteiger partial charge in [0.2, 0.25) is 0 Å². The van der Waals surface area contributed by atoms with Crippen molar-refractivity contribution in [2.75, 3.05) is 6.61 Å². The van der Waals surface area contributed by atoms with Crippen LogP contribution in [-0.4, -0.2) is 27.9 Å². The zero-order chi connectivity index (χ0) is 10.7. The minimum Gasteiger partial charge on any atom is -0.478 e. The Morgan fingerprint density at radius 1 is 1.50 bits per heavy atom. The van der Waals surface area contributed by atoms with Crippen molar-refractivity contribution < 1.29 is 20.1 Å². The maximum atomic E-state index is 10.6. The van der Waals surface area contributed by atoms with E-state index in [0.29, 0.717) is 5.56 Å². The highest BCUT2D eigenvalue weighted by atomic mass is 16.4. The standard InChI is InChI=1S/C10H12O4/c1-6-2-3-7(10(13)14)4-8(6)9(12)5-11/h2-4,9,11-12H,5H2,1H3,(H,13,14). The Hall–Kier alpha value is -1.39.